The molecule has 0 bridgehead atoms. The Balaban J connectivity index is 1.73. The summed E-state index contributed by atoms with van der Waals surface area (Å²) in [5.41, 5.74) is 0. The predicted octanol–water partition coefficient (Wildman–Crippen LogP) is 5.10. The van der Waals surface area contributed by atoms with E-state index in [1.165, 1.54) is 69.2 Å². The average Bonchev–Trinajstić information content (AvgIpc) is 2.75. The van der Waals surface area contributed by atoms with Gasteiger partial charge in [0.05, 0.1) is 0 Å². The van der Waals surface area contributed by atoms with E-state index in [0.717, 1.165) is 5.27 Å². The highest BCUT2D eigenvalue weighted by molar-refractivity contribution is 8.56. The summed E-state index contributed by atoms with van der Waals surface area (Å²) < 4.78 is 0. The normalized spacial score (nSPS) is 16.2. The van der Waals surface area contributed by atoms with Crippen LogP contribution in [0.25, 0.3) is 0 Å². The zero-order valence-corrected chi connectivity index (χ0v) is 11.8. The first-order chi connectivity index (χ1) is 7.43. The SMILES string of the molecule is CCCCCCCCCCB1SCCS1. The van der Waals surface area contributed by atoms with Crippen molar-refractivity contribution in [1.29, 1.82) is 0 Å². The van der Waals surface area contributed by atoms with Crippen LogP contribution in [-0.2, 0) is 0 Å². The molecule has 0 unspecified atom stereocenters. The van der Waals surface area contributed by atoms with Crippen LogP contribution in [0.4, 0.5) is 0 Å². The highest BCUT2D eigenvalue weighted by Gasteiger charge is 2.19. The van der Waals surface area contributed by atoms with Crippen LogP contribution >= 0.6 is 23.2 Å². The molecule has 0 N–H and O–H groups in total. The van der Waals surface area contributed by atoms with Gasteiger partial charge in [0.2, 0.25) is 0 Å². The van der Waals surface area contributed by atoms with Crippen LogP contribution in [0.2, 0.25) is 6.32 Å². The maximum Gasteiger partial charge on any atom is 0.273 e. The summed E-state index contributed by atoms with van der Waals surface area (Å²) in [6.45, 7) is 2.29. The maximum absolute atomic E-state index is 2.29. The highest BCUT2D eigenvalue weighted by atomic mass is 32.2. The van der Waals surface area contributed by atoms with Crippen LogP contribution in [0.5, 0.6) is 0 Å². The minimum Gasteiger partial charge on any atom is -0.194 e. The lowest BCUT2D eigenvalue weighted by atomic mass is 9.95. The molecule has 0 atom stereocenters. The largest absolute Gasteiger partial charge is 0.273 e. The van der Waals surface area contributed by atoms with Gasteiger partial charge < -0.3 is 0 Å². The van der Waals surface area contributed by atoms with Crippen molar-refractivity contribution in [2.75, 3.05) is 11.5 Å². The van der Waals surface area contributed by atoms with Crippen molar-refractivity contribution in [1.82, 2.24) is 0 Å². The fourth-order valence-electron chi connectivity index (χ4n) is 2.02. The van der Waals surface area contributed by atoms with E-state index in [1.54, 1.807) is 0 Å². The Bertz CT molecular complexity index is 136. The fourth-order valence-corrected chi connectivity index (χ4v) is 4.94. The molecule has 0 aromatic rings. The van der Waals surface area contributed by atoms with Gasteiger partial charge in [-0.1, -0.05) is 64.6 Å². The molecular weight excluding hydrogens is 219 g/mol. The van der Waals surface area contributed by atoms with Gasteiger partial charge in [0.1, 0.15) is 0 Å². The van der Waals surface area contributed by atoms with Gasteiger partial charge in [0.25, 0.3) is 5.27 Å². The lowest BCUT2D eigenvalue weighted by molar-refractivity contribution is 0.585. The lowest BCUT2D eigenvalue weighted by Gasteiger charge is -2.03. The molecule has 1 rings (SSSR count). The first kappa shape index (κ1) is 13.8. The van der Waals surface area contributed by atoms with Crippen molar-refractivity contribution >= 4 is 28.5 Å². The van der Waals surface area contributed by atoms with E-state index in [2.05, 4.69) is 30.1 Å². The van der Waals surface area contributed by atoms with Crippen molar-refractivity contribution in [2.45, 2.75) is 64.6 Å². The third-order valence-electron chi connectivity index (χ3n) is 2.98. The molecule has 1 heterocycles. The third-order valence-corrected chi connectivity index (χ3v) is 6.15. The van der Waals surface area contributed by atoms with Gasteiger partial charge in [-0.3, -0.25) is 0 Å². The van der Waals surface area contributed by atoms with Crippen LogP contribution in [0.15, 0.2) is 0 Å². The molecule has 0 radical (unpaired) electrons. The van der Waals surface area contributed by atoms with Gasteiger partial charge >= 0.3 is 0 Å². The van der Waals surface area contributed by atoms with Crippen LogP contribution in [0, 0.1) is 0 Å². The molecule has 88 valence electrons. The Labute approximate surface area is 105 Å². The molecule has 0 amide bonds. The van der Waals surface area contributed by atoms with Crippen molar-refractivity contribution < 1.29 is 0 Å². The second-order valence-electron chi connectivity index (χ2n) is 4.43. The zero-order chi connectivity index (χ0) is 10.8. The molecule has 0 aromatic carbocycles. The third kappa shape index (κ3) is 7.62. The van der Waals surface area contributed by atoms with Gasteiger partial charge in [-0.25, -0.2) is 0 Å². The molecule has 3 heteroatoms. The molecule has 15 heavy (non-hydrogen) atoms. The summed E-state index contributed by atoms with van der Waals surface area (Å²) in [4.78, 5) is 0. The second kappa shape index (κ2) is 9.95. The van der Waals surface area contributed by atoms with E-state index >= 15 is 0 Å². The number of unbranched alkanes of at least 4 members (excludes halogenated alkanes) is 7. The number of rotatable bonds is 9. The quantitative estimate of drug-likeness (QED) is 0.409. The van der Waals surface area contributed by atoms with Crippen LogP contribution in [-0.4, -0.2) is 16.8 Å². The summed E-state index contributed by atoms with van der Waals surface area (Å²) >= 11 is 4.36. The van der Waals surface area contributed by atoms with Crippen molar-refractivity contribution in [3.63, 3.8) is 0 Å². The van der Waals surface area contributed by atoms with E-state index in [1.807, 2.05) is 0 Å². The standard InChI is InChI=1S/C12H25BS2/c1-2-3-4-5-6-7-8-9-10-13-14-11-12-15-13/h2-12H2,1H3. The smallest absolute Gasteiger partial charge is 0.194 e. The Morgan fingerprint density at radius 3 is 1.93 bits per heavy atom. The summed E-state index contributed by atoms with van der Waals surface area (Å²) in [6, 6.07) is 0. The van der Waals surface area contributed by atoms with Gasteiger partial charge in [-0.15, -0.1) is 0 Å². The number of hydrogen-bond acceptors (Lipinski definition) is 2. The molecule has 0 aromatic heterocycles. The van der Waals surface area contributed by atoms with E-state index in [9.17, 15) is 0 Å². The van der Waals surface area contributed by atoms with Gasteiger partial charge in [0, 0.05) is 0 Å². The molecule has 0 nitrogen and oxygen atoms in total. The molecule has 1 aliphatic rings. The molecule has 0 aliphatic carbocycles. The van der Waals surface area contributed by atoms with Crippen LogP contribution < -0.4 is 0 Å². The van der Waals surface area contributed by atoms with Crippen LogP contribution in [0.3, 0.4) is 0 Å². The summed E-state index contributed by atoms with van der Waals surface area (Å²) in [5.74, 6) is 2.79. The Morgan fingerprint density at radius 2 is 1.33 bits per heavy atom. The van der Waals surface area contributed by atoms with E-state index in [4.69, 9.17) is 0 Å². The topological polar surface area (TPSA) is 0 Å². The van der Waals surface area contributed by atoms with Crippen molar-refractivity contribution in [2.24, 2.45) is 0 Å². The first-order valence-electron chi connectivity index (χ1n) is 6.66. The second-order valence-corrected chi connectivity index (χ2v) is 7.35. The fraction of sp³-hybridized carbons (Fsp3) is 1.00. The summed E-state index contributed by atoms with van der Waals surface area (Å²) in [7, 11) is 0. The van der Waals surface area contributed by atoms with E-state index < -0.39 is 0 Å². The van der Waals surface area contributed by atoms with Gasteiger partial charge in [0.15, 0.2) is 0 Å². The summed E-state index contributed by atoms with van der Waals surface area (Å²) in [6.07, 6.45) is 13.1. The highest BCUT2D eigenvalue weighted by Crippen LogP contribution is 2.32. The molecule has 1 saturated heterocycles. The van der Waals surface area contributed by atoms with E-state index in [-0.39, 0.29) is 0 Å². The Kier molecular flexibility index (Phi) is 9.18. The van der Waals surface area contributed by atoms with Crippen molar-refractivity contribution in [3.05, 3.63) is 0 Å². The zero-order valence-electron chi connectivity index (χ0n) is 10.2. The predicted molar refractivity (Wildman–Crippen MR) is 78.1 cm³/mol. The van der Waals surface area contributed by atoms with E-state index in [0.29, 0.717) is 0 Å². The summed E-state index contributed by atoms with van der Waals surface area (Å²) in [5, 5.41) is 0.949. The first-order valence-corrected chi connectivity index (χ1v) is 8.76. The van der Waals surface area contributed by atoms with Gasteiger partial charge in [-0.05, 0) is 11.5 Å². The molecule has 1 fully saturated rings. The molecule has 0 saturated carbocycles. The maximum atomic E-state index is 2.29. The Hall–Kier alpha value is 0.765. The lowest BCUT2D eigenvalue weighted by Crippen LogP contribution is -1.96. The molecule has 1 aliphatic heterocycles. The Morgan fingerprint density at radius 1 is 0.800 bits per heavy atom. The monoisotopic (exact) mass is 244 g/mol. The van der Waals surface area contributed by atoms with Crippen molar-refractivity contribution in [3.8, 4) is 0 Å². The van der Waals surface area contributed by atoms with Crippen LogP contribution in [0.1, 0.15) is 58.3 Å². The number of hydrogen-bond donors (Lipinski definition) is 0. The molecular formula is C12H25BS2. The average molecular weight is 244 g/mol. The van der Waals surface area contributed by atoms with Gasteiger partial charge in [-0.2, -0.15) is 23.2 Å². The minimum atomic E-state index is 0.949. The molecule has 0 spiro atoms. The minimum absolute atomic E-state index is 0.949.